The molecule has 0 bridgehead atoms. The number of phenolic OH excluding ortho intramolecular Hbond substituents is 2. The highest BCUT2D eigenvalue weighted by Crippen LogP contribution is 2.56. The largest absolute Gasteiger partial charge is 0.507 e. The van der Waals surface area contributed by atoms with Crippen molar-refractivity contribution in [1.82, 2.24) is 0 Å². The fourth-order valence-corrected chi connectivity index (χ4v) is 5.94. The van der Waals surface area contributed by atoms with Crippen LogP contribution >= 0.6 is 0 Å². The zero-order valence-corrected chi connectivity index (χ0v) is 19.7. The smallest absolute Gasteiger partial charge is 0.189 e. The van der Waals surface area contributed by atoms with Gasteiger partial charge in [-0.25, -0.2) is 0 Å². The first-order valence-electron chi connectivity index (χ1n) is 11.7. The number of allylic oxidation sites excluding steroid dienone is 8. The quantitative estimate of drug-likeness (QED) is 0.563. The third-order valence-corrected chi connectivity index (χ3v) is 7.50. The first kappa shape index (κ1) is 21.5. The second-order valence-electron chi connectivity index (χ2n) is 9.64. The number of fused-ring (bicyclic) bond motifs is 1. The van der Waals surface area contributed by atoms with Crippen LogP contribution in [0.4, 0.5) is 0 Å². The average Bonchev–Trinajstić information content (AvgIpc) is 2.81. The van der Waals surface area contributed by atoms with Crippen molar-refractivity contribution in [3.05, 3.63) is 104 Å². The van der Waals surface area contributed by atoms with E-state index in [0.717, 1.165) is 81.4 Å². The van der Waals surface area contributed by atoms with Gasteiger partial charge in [-0.05, 0) is 97.9 Å². The predicted octanol–water partition coefficient (Wildman–Crippen LogP) is 6.49. The molecule has 0 saturated carbocycles. The minimum absolute atomic E-state index is 0.148. The third kappa shape index (κ3) is 2.98. The van der Waals surface area contributed by atoms with Crippen molar-refractivity contribution in [2.45, 2.75) is 58.8 Å². The van der Waals surface area contributed by atoms with Crippen molar-refractivity contribution >= 4 is 5.78 Å². The maximum absolute atomic E-state index is 13.6. The Morgan fingerprint density at radius 2 is 1.27 bits per heavy atom. The van der Waals surface area contributed by atoms with Gasteiger partial charge in [-0.3, -0.25) is 4.79 Å². The standard InChI is InChI=1S/C30H30O3/c1-17-13-21(14-18(2)27(17)31)30(22-15-19(3)28(32)20(4)16-22)25-11-7-5-9-23(25)29(33)24-10-6-8-12-26(24)30/h7,10-16,31-32H,5-6,8-9H2,1-4H3. The molecule has 0 aromatic heterocycles. The van der Waals surface area contributed by atoms with E-state index >= 15 is 0 Å². The van der Waals surface area contributed by atoms with Crippen LogP contribution in [0.3, 0.4) is 0 Å². The molecule has 5 rings (SSSR count). The lowest BCUT2D eigenvalue weighted by molar-refractivity contribution is -0.112. The molecule has 2 aromatic carbocycles. The summed E-state index contributed by atoms with van der Waals surface area (Å²) in [5.41, 5.74) is 8.42. The summed E-state index contributed by atoms with van der Waals surface area (Å²) in [6.45, 7) is 7.72. The molecule has 3 nitrogen and oxygen atoms in total. The molecule has 0 fully saturated rings. The summed E-state index contributed by atoms with van der Waals surface area (Å²) in [4.78, 5) is 13.6. The Bertz CT molecular complexity index is 1230. The van der Waals surface area contributed by atoms with Gasteiger partial charge in [-0.15, -0.1) is 0 Å². The molecule has 168 valence electrons. The zero-order chi connectivity index (χ0) is 23.5. The van der Waals surface area contributed by atoms with Crippen LogP contribution in [0.2, 0.25) is 0 Å². The Balaban J connectivity index is 1.99. The molecule has 0 unspecified atom stereocenters. The average molecular weight is 439 g/mol. The molecule has 2 aromatic rings. The van der Waals surface area contributed by atoms with Gasteiger partial charge in [0.05, 0.1) is 5.41 Å². The molecule has 33 heavy (non-hydrogen) atoms. The second-order valence-corrected chi connectivity index (χ2v) is 9.64. The fourth-order valence-electron chi connectivity index (χ4n) is 5.94. The van der Waals surface area contributed by atoms with E-state index in [2.05, 4.69) is 48.6 Å². The molecule has 0 saturated heterocycles. The Morgan fingerprint density at radius 3 is 1.82 bits per heavy atom. The normalized spacial score (nSPS) is 19.1. The lowest BCUT2D eigenvalue weighted by atomic mass is 9.55. The lowest BCUT2D eigenvalue weighted by Gasteiger charge is -2.46. The monoisotopic (exact) mass is 438 g/mol. The van der Waals surface area contributed by atoms with E-state index in [1.165, 1.54) is 0 Å². The van der Waals surface area contributed by atoms with Crippen LogP contribution in [-0.2, 0) is 10.2 Å². The molecular weight excluding hydrogens is 408 g/mol. The van der Waals surface area contributed by atoms with Crippen LogP contribution < -0.4 is 0 Å². The number of Topliss-reactive ketones (excluding diaryl/α,β-unsaturated/α-hetero) is 1. The van der Waals surface area contributed by atoms with Crippen LogP contribution in [-0.4, -0.2) is 16.0 Å². The van der Waals surface area contributed by atoms with Gasteiger partial charge in [0.15, 0.2) is 5.78 Å². The minimum Gasteiger partial charge on any atom is -0.507 e. The highest BCUT2D eigenvalue weighted by Gasteiger charge is 2.50. The van der Waals surface area contributed by atoms with Gasteiger partial charge in [0, 0.05) is 11.1 Å². The summed E-state index contributed by atoms with van der Waals surface area (Å²) < 4.78 is 0. The van der Waals surface area contributed by atoms with Crippen LogP contribution in [0, 0.1) is 27.7 Å². The topological polar surface area (TPSA) is 57.5 Å². The van der Waals surface area contributed by atoms with Gasteiger partial charge in [0.25, 0.3) is 0 Å². The van der Waals surface area contributed by atoms with Gasteiger partial charge in [-0.2, -0.15) is 0 Å². The fraction of sp³-hybridized carbons (Fsp3) is 0.300. The number of ketones is 1. The predicted molar refractivity (Wildman–Crippen MR) is 132 cm³/mol. The first-order chi connectivity index (χ1) is 15.8. The highest BCUT2D eigenvalue weighted by atomic mass is 16.3. The summed E-state index contributed by atoms with van der Waals surface area (Å²) in [6.07, 6.45) is 12.0. The van der Waals surface area contributed by atoms with E-state index in [1.807, 2.05) is 27.7 Å². The Labute approximate surface area is 195 Å². The van der Waals surface area contributed by atoms with Crippen molar-refractivity contribution in [2.24, 2.45) is 0 Å². The lowest BCUT2D eigenvalue weighted by Crippen LogP contribution is -2.41. The van der Waals surface area contributed by atoms with E-state index in [4.69, 9.17) is 0 Å². The zero-order valence-electron chi connectivity index (χ0n) is 19.7. The van der Waals surface area contributed by atoms with Crippen molar-refractivity contribution in [1.29, 1.82) is 0 Å². The number of rotatable bonds is 2. The number of carbonyl (C=O) groups is 1. The molecule has 0 aliphatic heterocycles. The van der Waals surface area contributed by atoms with Gasteiger partial charge in [-0.1, -0.05) is 48.6 Å². The van der Waals surface area contributed by atoms with Gasteiger partial charge in [0.2, 0.25) is 0 Å². The Hall–Kier alpha value is -3.33. The van der Waals surface area contributed by atoms with Crippen LogP contribution in [0.15, 0.2) is 70.9 Å². The minimum atomic E-state index is -0.682. The van der Waals surface area contributed by atoms with Crippen molar-refractivity contribution < 1.29 is 15.0 Å². The summed E-state index contributed by atoms with van der Waals surface area (Å²) >= 11 is 0. The first-order valence-corrected chi connectivity index (χ1v) is 11.7. The third-order valence-electron chi connectivity index (χ3n) is 7.50. The number of hydrogen-bond donors (Lipinski definition) is 2. The SMILES string of the molecule is Cc1cc(C2(c3cc(C)c(O)c(C)c3)C3=CCCC=C3C(=O)C3=C2C=CCC3)cc(C)c1O. The summed E-state index contributed by atoms with van der Waals surface area (Å²) in [5.74, 6) is 0.761. The van der Waals surface area contributed by atoms with Crippen molar-refractivity contribution in [2.75, 3.05) is 0 Å². The molecule has 0 radical (unpaired) electrons. The number of phenols is 2. The summed E-state index contributed by atoms with van der Waals surface area (Å²) in [6, 6.07) is 8.26. The van der Waals surface area contributed by atoms with Gasteiger partial charge >= 0.3 is 0 Å². The van der Waals surface area contributed by atoms with E-state index in [1.54, 1.807) is 0 Å². The molecule has 3 heteroatoms. The second kappa shape index (κ2) is 7.62. The van der Waals surface area contributed by atoms with Gasteiger partial charge in [0.1, 0.15) is 11.5 Å². The summed E-state index contributed by atoms with van der Waals surface area (Å²) in [7, 11) is 0. The molecule has 0 spiro atoms. The van der Waals surface area contributed by atoms with Crippen LogP contribution in [0.1, 0.15) is 59.1 Å². The molecule has 0 heterocycles. The number of aromatic hydroxyl groups is 2. The van der Waals surface area contributed by atoms with Crippen LogP contribution in [0.25, 0.3) is 0 Å². The molecule has 0 atom stereocenters. The Kier molecular flexibility index (Phi) is 4.97. The van der Waals surface area contributed by atoms with Crippen molar-refractivity contribution in [3.8, 4) is 11.5 Å². The maximum atomic E-state index is 13.6. The number of aryl methyl sites for hydroxylation is 4. The molecule has 2 N–H and O–H groups in total. The molecule has 0 amide bonds. The van der Waals surface area contributed by atoms with Crippen LogP contribution in [0.5, 0.6) is 11.5 Å². The summed E-state index contributed by atoms with van der Waals surface area (Å²) in [5, 5.41) is 21.2. The van der Waals surface area contributed by atoms with E-state index < -0.39 is 5.41 Å². The number of carbonyl (C=O) groups excluding carboxylic acids is 1. The van der Waals surface area contributed by atoms with Crippen molar-refractivity contribution in [3.63, 3.8) is 0 Å². The Morgan fingerprint density at radius 1 is 0.758 bits per heavy atom. The van der Waals surface area contributed by atoms with E-state index in [-0.39, 0.29) is 5.78 Å². The molecule has 3 aliphatic carbocycles. The number of hydrogen-bond acceptors (Lipinski definition) is 3. The molecular formula is C30H30O3. The molecule has 3 aliphatic rings. The van der Waals surface area contributed by atoms with Gasteiger partial charge < -0.3 is 10.2 Å². The maximum Gasteiger partial charge on any atom is 0.189 e. The van der Waals surface area contributed by atoms with E-state index in [9.17, 15) is 15.0 Å². The highest BCUT2D eigenvalue weighted by molar-refractivity contribution is 6.15. The number of benzene rings is 2. The van der Waals surface area contributed by atoms with E-state index in [0.29, 0.717) is 11.5 Å².